The van der Waals surface area contributed by atoms with E-state index >= 15 is 0 Å². The van der Waals surface area contributed by atoms with Crippen molar-refractivity contribution in [1.29, 1.82) is 0 Å². The van der Waals surface area contributed by atoms with Crippen molar-refractivity contribution in [3.63, 3.8) is 0 Å². The average Bonchev–Trinajstić information content (AvgIpc) is 2.89. The van der Waals surface area contributed by atoms with E-state index in [1.165, 1.54) is 37.5 Å². The van der Waals surface area contributed by atoms with Gasteiger partial charge in [0.05, 0.1) is 17.6 Å². The molecular formula is C17H11F3N2O4. The predicted octanol–water partition coefficient (Wildman–Crippen LogP) is 4.11. The molecule has 1 aliphatic heterocycles. The Hall–Kier alpha value is -3.36. The number of halogens is 3. The van der Waals surface area contributed by atoms with E-state index in [1.54, 1.807) is 0 Å². The van der Waals surface area contributed by atoms with Gasteiger partial charge in [0.1, 0.15) is 0 Å². The number of nitro benzene ring substituents is 1. The van der Waals surface area contributed by atoms with Crippen LogP contribution in [0.2, 0.25) is 0 Å². The van der Waals surface area contributed by atoms with Gasteiger partial charge in [-0.15, -0.1) is 0 Å². The van der Waals surface area contributed by atoms with Gasteiger partial charge in [-0.25, -0.2) is 0 Å². The van der Waals surface area contributed by atoms with Crippen molar-refractivity contribution in [2.24, 2.45) is 0 Å². The van der Waals surface area contributed by atoms with E-state index in [4.69, 9.17) is 4.74 Å². The molecule has 26 heavy (non-hydrogen) atoms. The van der Waals surface area contributed by atoms with E-state index in [0.29, 0.717) is 11.1 Å². The number of hydrogen-bond acceptors (Lipinski definition) is 4. The van der Waals surface area contributed by atoms with Gasteiger partial charge in [0.2, 0.25) is 0 Å². The highest BCUT2D eigenvalue weighted by Gasteiger charge is 2.33. The van der Waals surface area contributed by atoms with Crippen LogP contribution in [0.1, 0.15) is 16.7 Å². The van der Waals surface area contributed by atoms with Crippen LogP contribution in [0.25, 0.3) is 11.6 Å². The lowest BCUT2D eigenvalue weighted by molar-refractivity contribution is -0.385. The monoisotopic (exact) mass is 364 g/mol. The number of fused-ring (bicyclic) bond motifs is 1. The van der Waals surface area contributed by atoms with Crippen molar-refractivity contribution in [2.45, 2.75) is 6.18 Å². The van der Waals surface area contributed by atoms with E-state index in [0.717, 1.165) is 12.1 Å². The van der Waals surface area contributed by atoms with Crippen molar-refractivity contribution in [1.82, 2.24) is 0 Å². The van der Waals surface area contributed by atoms with Crippen molar-refractivity contribution in [3.05, 3.63) is 63.2 Å². The van der Waals surface area contributed by atoms with E-state index in [1.807, 2.05) is 0 Å². The molecule has 0 fully saturated rings. The third-order valence-electron chi connectivity index (χ3n) is 3.84. The van der Waals surface area contributed by atoms with Crippen LogP contribution < -0.4 is 10.1 Å². The Morgan fingerprint density at radius 3 is 2.54 bits per heavy atom. The van der Waals surface area contributed by atoms with Crippen LogP contribution in [-0.2, 0) is 11.0 Å². The maximum Gasteiger partial charge on any atom is 0.416 e. The molecule has 0 atom stereocenters. The fourth-order valence-electron chi connectivity index (χ4n) is 2.62. The number of nitrogens with one attached hydrogen (secondary N) is 1. The van der Waals surface area contributed by atoms with Gasteiger partial charge in [-0.05, 0) is 29.8 Å². The van der Waals surface area contributed by atoms with Crippen LogP contribution >= 0.6 is 0 Å². The molecule has 6 nitrogen and oxygen atoms in total. The number of amides is 1. The minimum absolute atomic E-state index is 0.0408. The number of carbonyl (C=O) groups excluding carboxylic acids is 1. The average molecular weight is 364 g/mol. The number of ether oxygens (including phenoxy) is 1. The van der Waals surface area contributed by atoms with Crippen molar-refractivity contribution >= 4 is 28.9 Å². The molecule has 0 bridgehead atoms. The Morgan fingerprint density at radius 2 is 1.92 bits per heavy atom. The topological polar surface area (TPSA) is 81.5 Å². The van der Waals surface area contributed by atoms with E-state index in [2.05, 4.69) is 5.32 Å². The van der Waals surface area contributed by atoms with Crippen LogP contribution in [0.5, 0.6) is 5.75 Å². The third kappa shape index (κ3) is 3.10. The maximum absolute atomic E-state index is 12.8. The largest absolute Gasteiger partial charge is 0.490 e. The van der Waals surface area contributed by atoms with Gasteiger partial charge in [-0.3, -0.25) is 14.9 Å². The molecule has 0 saturated carbocycles. The molecule has 2 aromatic rings. The Kier molecular flexibility index (Phi) is 4.15. The lowest BCUT2D eigenvalue weighted by Crippen LogP contribution is -2.06. The molecule has 2 aromatic carbocycles. The zero-order valence-electron chi connectivity index (χ0n) is 13.3. The predicted molar refractivity (Wildman–Crippen MR) is 87.6 cm³/mol. The Morgan fingerprint density at radius 1 is 1.19 bits per heavy atom. The molecule has 3 rings (SSSR count). The zero-order chi connectivity index (χ0) is 19.1. The summed E-state index contributed by atoms with van der Waals surface area (Å²) in [4.78, 5) is 22.6. The third-order valence-corrected chi connectivity index (χ3v) is 3.84. The summed E-state index contributed by atoms with van der Waals surface area (Å²) in [5.41, 5.74) is -0.366. The molecule has 1 aliphatic rings. The van der Waals surface area contributed by atoms with Crippen LogP contribution in [0.3, 0.4) is 0 Å². The molecule has 1 heterocycles. The quantitative estimate of drug-likeness (QED) is 0.505. The van der Waals surface area contributed by atoms with Crippen LogP contribution in [0.4, 0.5) is 24.5 Å². The molecule has 134 valence electrons. The summed E-state index contributed by atoms with van der Waals surface area (Å²) in [6.07, 6.45) is -3.15. The molecule has 1 N–H and O–H groups in total. The normalized spacial score (nSPS) is 14.9. The fraction of sp³-hybridized carbons (Fsp3) is 0.118. The van der Waals surface area contributed by atoms with Gasteiger partial charge >= 0.3 is 11.9 Å². The number of hydrogen-bond donors (Lipinski definition) is 1. The molecule has 1 amide bonds. The van der Waals surface area contributed by atoms with Gasteiger partial charge < -0.3 is 10.1 Å². The second-order valence-electron chi connectivity index (χ2n) is 5.46. The summed E-state index contributed by atoms with van der Waals surface area (Å²) in [5, 5.41) is 13.5. The van der Waals surface area contributed by atoms with Crippen molar-refractivity contribution in [2.75, 3.05) is 12.4 Å². The Bertz CT molecular complexity index is 952. The zero-order valence-corrected chi connectivity index (χ0v) is 13.3. The van der Waals surface area contributed by atoms with Gasteiger partial charge in [0.25, 0.3) is 5.91 Å². The van der Waals surface area contributed by atoms with Gasteiger partial charge in [0.15, 0.2) is 5.75 Å². The minimum atomic E-state index is -4.52. The first kappa shape index (κ1) is 17.5. The Labute approximate surface area is 145 Å². The SMILES string of the molecule is COc1ccc(/C=C2/C(=O)Nc3cc(C(F)(F)F)ccc32)cc1[N+](=O)[O-]. The number of nitro groups is 1. The number of benzene rings is 2. The number of rotatable bonds is 3. The molecular weight excluding hydrogens is 353 g/mol. The van der Waals surface area contributed by atoms with Gasteiger partial charge in [-0.2, -0.15) is 13.2 Å². The summed E-state index contributed by atoms with van der Waals surface area (Å²) < 4.78 is 43.3. The van der Waals surface area contributed by atoms with Gasteiger partial charge in [0, 0.05) is 22.9 Å². The first-order chi connectivity index (χ1) is 12.2. The Balaban J connectivity index is 2.05. The number of anilines is 1. The fourth-order valence-corrected chi connectivity index (χ4v) is 2.62. The van der Waals surface area contributed by atoms with E-state index in [-0.39, 0.29) is 22.7 Å². The van der Waals surface area contributed by atoms with Gasteiger partial charge in [-0.1, -0.05) is 12.1 Å². The summed E-state index contributed by atoms with van der Waals surface area (Å²) in [5.74, 6) is -0.527. The lowest BCUT2D eigenvalue weighted by atomic mass is 10.0. The minimum Gasteiger partial charge on any atom is -0.490 e. The molecule has 0 unspecified atom stereocenters. The van der Waals surface area contributed by atoms with E-state index in [9.17, 15) is 28.1 Å². The van der Waals surface area contributed by atoms with Crippen molar-refractivity contribution < 1.29 is 27.6 Å². The highest BCUT2D eigenvalue weighted by Crippen LogP contribution is 2.39. The lowest BCUT2D eigenvalue weighted by Gasteiger charge is -2.08. The number of carbonyl (C=O) groups is 1. The first-order valence-electron chi connectivity index (χ1n) is 7.28. The molecule has 0 aliphatic carbocycles. The smallest absolute Gasteiger partial charge is 0.416 e. The molecule has 9 heteroatoms. The second kappa shape index (κ2) is 6.17. The number of alkyl halides is 3. The van der Waals surface area contributed by atoms with Crippen molar-refractivity contribution in [3.8, 4) is 5.75 Å². The summed E-state index contributed by atoms with van der Waals surface area (Å²) in [6, 6.07) is 7.04. The highest BCUT2D eigenvalue weighted by molar-refractivity contribution is 6.35. The van der Waals surface area contributed by atoms with Crippen LogP contribution in [-0.4, -0.2) is 17.9 Å². The first-order valence-corrected chi connectivity index (χ1v) is 7.28. The summed E-state index contributed by atoms with van der Waals surface area (Å²) in [7, 11) is 1.29. The molecule has 0 radical (unpaired) electrons. The molecule has 0 spiro atoms. The second-order valence-corrected chi connectivity index (χ2v) is 5.46. The standard InChI is InChI=1S/C17H11F3N2O4/c1-26-15-5-2-9(7-14(15)22(24)25)6-12-11-4-3-10(17(18,19)20)8-13(11)21-16(12)23/h2-8H,1H3,(H,21,23)/b12-6+. The molecule has 0 saturated heterocycles. The summed E-state index contributed by atoms with van der Waals surface area (Å²) >= 11 is 0. The van der Waals surface area contributed by atoms with Crippen LogP contribution in [0, 0.1) is 10.1 Å². The number of methoxy groups -OCH3 is 1. The summed E-state index contributed by atoms with van der Waals surface area (Å²) in [6.45, 7) is 0. The van der Waals surface area contributed by atoms with E-state index < -0.39 is 22.6 Å². The number of nitrogens with zero attached hydrogens (tertiary/aromatic N) is 1. The highest BCUT2D eigenvalue weighted by atomic mass is 19.4. The molecule has 0 aromatic heterocycles. The van der Waals surface area contributed by atoms with Crippen LogP contribution in [0.15, 0.2) is 36.4 Å². The maximum atomic E-state index is 12.8.